The summed E-state index contributed by atoms with van der Waals surface area (Å²) in [5.41, 5.74) is 0.728. The summed E-state index contributed by atoms with van der Waals surface area (Å²) in [5.74, 6) is -1.36. The number of rotatable bonds is 3. The molecule has 0 saturated heterocycles. The quantitative estimate of drug-likeness (QED) is 0.818. The van der Waals surface area contributed by atoms with Crippen LogP contribution in [0.1, 0.15) is 40.2 Å². The highest BCUT2D eigenvalue weighted by molar-refractivity contribution is 5.91. The maximum atomic E-state index is 13.7. The molecule has 124 valence electrons. The van der Waals surface area contributed by atoms with E-state index in [2.05, 4.69) is 4.74 Å². The van der Waals surface area contributed by atoms with Gasteiger partial charge in [0.2, 0.25) is 0 Å². The molecule has 0 saturated carbocycles. The molecule has 0 aliphatic rings. The molecule has 0 heterocycles. The molecule has 2 aromatic rings. The number of benzene rings is 2. The number of hydrogen-bond acceptors (Lipinski definition) is 3. The maximum absolute atomic E-state index is 13.7. The summed E-state index contributed by atoms with van der Waals surface area (Å²) in [6, 6.07) is 7.83. The number of fused-ring (bicyclic) bond motifs is 1. The smallest absolute Gasteiger partial charge is 0.409 e. The van der Waals surface area contributed by atoms with E-state index in [4.69, 9.17) is 10.2 Å². The van der Waals surface area contributed by atoms with Crippen molar-refractivity contribution in [3.8, 4) is 5.75 Å². The van der Waals surface area contributed by atoms with Crippen LogP contribution in [-0.2, 0) is 6.42 Å². The molecule has 0 aliphatic carbocycles. The monoisotopic (exact) mass is 314 g/mol. The van der Waals surface area contributed by atoms with Gasteiger partial charge in [0.1, 0.15) is 0 Å². The summed E-state index contributed by atoms with van der Waals surface area (Å²) < 4.78 is 30.7. The van der Waals surface area contributed by atoms with Crippen molar-refractivity contribution in [3.63, 3.8) is 0 Å². The number of ether oxygens (including phenoxy) is 1. The van der Waals surface area contributed by atoms with Gasteiger partial charge in [0.05, 0.1) is 0 Å². The van der Waals surface area contributed by atoms with E-state index in [0.29, 0.717) is 17.2 Å². The van der Waals surface area contributed by atoms with Gasteiger partial charge >= 0.3 is 6.23 Å². The molecule has 0 amide bonds. The van der Waals surface area contributed by atoms with Crippen molar-refractivity contribution in [2.24, 2.45) is 0 Å². The van der Waals surface area contributed by atoms with E-state index >= 15 is 0 Å². The Kier molecular flexibility index (Phi) is 8.60. The third kappa shape index (κ3) is 5.24. The zero-order chi connectivity index (χ0) is 17.3. The minimum absolute atomic E-state index is 0.338. The van der Waals surface area contributed by atoms with E-state index < -0.39 is 17.8 Å². The molecule has 0 radical (unpaired) electrons. The fraction of sp³-hybridized carbons (Fsp3) is 0.412. The van der Waals surface area contributed by atoms with Crippen molar-refractivity contribution in [1.29, 1.82) is 0 Å². The van der Waals surface area contributed by atoms with Crippen LogP contribution in [-0.4, -0.2) is 16.4 Å². The van der Waals surface area contributed by atoms with E-state index in [-0.39, 0.29) is 0 Å². The molecule has 0 atom stereocenters. The fourth-order valence-electron chi connectivity index (χ4n) is 1.92. The van der Waals surface area contributed by atoms with Crippen LogP contribution in [0.4, 0.5) is 8.78 Å². The minimum atomic E-state index is -3.91. The normalized spacial score (nSPS) is 10.2. The largest absolute Gasteiger partial charge is 0.492 e. The SMILES string of the molecule is CC.CC.CCc1cccc2ccc(F)c(OC(O)(O)F)c12. The third-order valence-corrected chi connectivity index (χ3v) is 2.65. The van der Waals surface area contributed by atoms with Gasteiger partial charge in [0.15, 0.2) is 11.6 Å². The van der Waals surface area contributed by atoms with Crippen molar-refractivity contribution in [1.82, 2.24) is 0 Å². The van der Waals surface area contributed by atoms with Crippen LogP contribution in [0.5, 0.6) is 5.75 Å². The second-order valence-corrected chi connectivity index (χ2v) is 3.88. The van der Waals surface area contributed by atoms with Crippen LogP contribution in [0.2, 0.25) is 0 Å². The van der Waals surface area contributed by atoms with Gasteiger partial charge in [-0.25, -0.2) is 4.39 Å². The van der Waals surface area contributed by atoms with Crippen molar-refractivity contribution < 1.29 is 23.7 Å². The fourth-order valence-corrected chi connectivity index (χ4v) is 1.92. The van der Waals surface area contributed by atoms with Gasteiger partial charge in [-0.2, -0.15) is 0 Å². The zero-order valence-corrected chi connectivity index (χ0v) is 13.7. The molecule has 0 aromatic heterocycles. The van der Waals surface area contributed by atoms with Crippen LogP contribution in [0, 0.1) is 5.82 Å². The summed E-state index contributed by atoms with van der Waals surface area (Å²) in [4.78, 5) is 0. The number of alkyl halides is 1. The Hall–Kier alpha value is -1.72. The lowest BCUT2D eigenvalue weighted by Crippen LogP contribution is -2.29. The van der Waals surface area contributed by atoms with Crippen LogP contribution in [0.15, 0.2) is 30.3 Å². The first-order valence-corrected chi connectivity index (χ1v) is 7.45. The van der Waals surface area contributed by atoms with E-state index in [9.17, 15) is 8.78 Å². The molecule has 2 aromatic carbocycles. The van der Waals surface area contributed by atoms with Gasteiger partial charge in [-0.15, -0.1) is 4.39 Å². The number of hydrogen-bond donors (Lipinski definition) is 2. The molecular formula is C17H24F2O3. The first-order valence-electron chi connectivity index (χ1n) is 7.45. The molecule has 2 N–H and O–H groups in total. The van der Waals surface area contributed by atoms with E-state index in [1.54, 1.807) is 18.2 Å². The Labute approximate surface area is 130 Å². The van der Waals surface area contributed by atoms with Crippen molar-refractivity contribution in [2.75, 3.05) is 0 Å². The van der Waals surface area contributed by atoms with Crippen molar-refractivity contribution in [3.05, 3.63) is 41.7 Å². The van der Waals surface area contributed by atoms with Crippen LogP contribution >= 0.6 is 0 Å². The Morgan fingerprint density at radius 1 is 1.05 bits per heavy atom. The molecule has 0 bridgehead atoms. The zero-order valence-electron chi connectivity index (χ0n) is 13.7. The Balaban J connectivity index is 0.00000102. The lowest BCUT2D eigenvalue weighted by molar-refractivity contribution is -0.375. The van der Waals surface area contributed by atoms with Crippen LogP contribution in [0.3, 0.4) is 0 Å². The summed E-state index contributed by atoms with van der Waals surface area (Å²) in [7, 11) is 0. The molecule has 5 heteroatoms. The Bertz CT molecular complexity index is 578. The Morgan fingerprint density at radius 3 is 2.14 bits per heavy atom. The van der Waals surface area contributed by atoms with E-state index in [1.165, 1.54) is 6.07 Å². The number of halogens is 2. The van der Waals surface area contributed by atoms with Gasteiger partial charge < -0.3 is 14.9 Å². The molecule has 0 aliphatic heterocycles. The molecule has 0 unspecified atom stereocenters. The Morgan fingerprint density at radius 2 is 1.64 bits per heavy atom. The number of aryl methyl sites for hydroxylation is 1. The van der Waals surface area contributed by atoms with Crippen molar-refractivity contribution >= 4 is 10.8 Å². The van der Waals surface area contributed by atoms with E-state index in [0.717, 1.165) is 11.6 Å². The van der Waals surface area contributed by atoms with Crippen LogP contribution in [0.25, 0.3) is 10.8 Å². The maximum Gasteiger partial charge on any atom is 0.492 e. The standard InChI is InChI=1S/C13H12F2O3.2C2H6/c1-2-8-4-3-5-9-6-7-10(14)12(11(8)9)18-13(15,16)17;2*1-2/h3-7,16-17H,2H2,1H3;2*1-2H3. The molecule has 2 rings (SSSR count). The van der Waals surface area contributed by atoms with Gasteiger partial charge in [-0.3, -0.25) is 0 Å². The van der Waals surface area contributed by atoms with Crippen LogP contribution < -0.4 is 4.74 Å². The molecule has 3 nitrogen and oxygen atoms in total. The van der Waals surface area contributed by atoms with Gasteiger partial charge in [0, 0.05) is 5.39 Å². The minimum Gasteiger partial charge on any atom is -0.409 e. The predicted molar refractivity (Wildman–Crippen MR) is 84.9 cm³/mol. The highest BCUT2D eigenvalue weighted by Crippen LogP contribution is 2.33. The summed E-state index contributed by atoms with van der Waals surface area (Å²) in [6.45, 7) is 9.85. The molecule has 22 heavy (non-hydrogen) atoms. The van der Waals surface area contributed by atoms with Gasteiger partial charge in [-0.1, -0.05) is 58.9 Å². The molecular weight excluding hydrogens is 290 g/mol. The highest BCUT2D eigenvalue weighted by atomic mass is 19.2. The molecule has 0 fully saturated rings. The average Bonchev–Trinajstić information content (AvgIpc) is 2.52. The summed E-state index contributed by atoms with van der Waals surface area (Å²) in [6.07, 6.45) is -3.33. The summed E-state index contributed by atoms with van der Waals surface area (Å²) >= 11 is 0. The summed E-state index contributed by atoms with van der Waals surface area (Å²) in [5, 5.41) is 18.2. The first-order chi connectivity index (χ1) is 10.4. The first kappa shape index (κ1) is 20.3. The highest BCUT2D eigenvalue weighted by Gasteiger charge is 2.27. The lowest BCUT2D eigenvalue weighted by Gasteiger charge is -2.17. The topological polar surface area (TPSA) is 49.7 Å². The van der Waals surface area contributed by atoms with E-state index in [1.807, 2.05) is 34.6 Å². The second kappa shape index (κ2) is 9.33. The lowest BCUT2D eigenvalue weighted by atomic mass is 10.0. The average molecular weight is 314 g/mol. The molecule has 0 spiro atoms. The third-order valence-electron chi connectivity index (χ3n) is 2.65. The van der Waals surface area contributed by atoms with Gasteiger partial charge in [0.25, 0.3) is 0 Å². The van der Waals surface area contributed by atoms with Crippen molar-refractivity contribution in [2.45, 2.75) is 47.3 Å². The van der Waals surface area contributed by atoms with Gasteiger partial charge in [-0.05, 0) is 23.4 Å². The second-order valence-electron chi connectivity index (χ2n) is 3.88. The predicted octanol–water partition coefficient (Wildman–Crippen LogP) is 4.54. The number of aliphatic hydroxyl groups is 2.